The first-order valence-electron chi connectivity index (χ1n) is 5.37. The lowest BCUT2D eigenvalue weighted by molar-refractivity contribution is -0.120. The molecule has 0 bridgehead atoms. The molecule has 6 heteroatoms. The number of anilines is 1. The summed E-state index contributed by atoms with van der Waals surface area (Å²) in [6, 6.07) is 8.37. The van der Waals surface area contributed by atoms with Crippen molar-refractivity contribution in [2.75, 3.05) is 4.31 Å². The van der Waals surface area contributed by atoms with E-state index in [-0.39, 0.29) is 6.42 Å². The molecule has 1 fully saturated rings. The van der Waals surface area contributed by atoms with Crippen LogP contribution in [0.25, 0.3) is 0 Å². The average molecular weight is 264 g/mol. The fourth-order valence-corrected chi connectivity index (χ4v) is 3.23. The molecule has 94 valence electrons. The van der Waals surface area contributed by atoms with Gasteiger partial charge in [-0.25, -0.2) is 12.7 Å². The molecule has 0 spiro atoms. The Morgan fingerprint density at radius 1 is 1.28 bits per heavy atom. The van der Waals surface area contributed by atoms with Gasteiger partial charge in [-0.3, -0.25) is 4.79 Å². The molecule has 0 atom stereocenters. The number of hydrogen-bond donors (Lipinski definition) is 0. The first-order valence-corrected chi connectivity index (χ1v) is 6.81. The minimum Gasteiger partial charge on any atom is -0.272 e. The second-order valence-electron chi connectivity index (χ2n) is 4.59. The minimum absolute atomic E-state index is 0.256. The van der Waals surface area contributed by atoms with Crippen LogP contribution in [-0.2, 0) is 21.2 Å². The molecule has 1 heterocycles. The Hall–Kier alpha value is -1.87. The molecule has 0 aliphatic carbocycles. The molecule has 0 unspecified atom stereocenters. The maximum Gasteiger partial charge on any atom is 0.263 e. The summed E-state index contributed by atoms with van der Waals surface area (Å²) >= 11 is 0. The van der Waals surface area contributed by atoms with E-state index in [1.165, 1.54) is 26.0 Å². The highest BCUT2D eigenvalue weighted by molar-refractivity contribution is 7.98. The molecule has 1 saturated heterocycles. The first-order chi connectivity index (χ1) is 8.32. The van der Waals surface area contributed by atoms with E-state index in [0.29, 0.717) is 5.69 Å². The lowest BCUT2D eigenvalue weighted by atomic mass is 10.1. The molecule has 1 aromatic rings. The van der Waals surface area contributed by atoms with Gasteiger partial charge in [-0.1, -0.05) is 12.1 Å². The summed E-state index contributed by atoms with van der Waals surface area (Å²) in [4.78, 5) is 11.8. The Balaban J connectivity index is 2.35. The Bertz CT molecular complexity index is 639. The normalized spacial score (nSPS) is 20.1. The molecule has 0 radical (unpaired) electrons. The zero-order valence-electron chi connectivity index (χ0n) is 10.0. The van der Waals surface area contributed by atoms with E-state index in [9.17, 15) is 13.2 Å². The maximum atomic E-state index is 11.9. The highest BCUT2D eigenvalue weighted by Crippen LogP contribution is 2.38. The van der Waals surface area contributed by atoms with Crippen LogP contribution in [-0.4, -0.2) is 19.1 Å². The van der Waals surface area contributed by atoms with Gasteiger partial charge in [0.2, 0.25) is 0 Å². The quantitative estimate of drug-likeness (QED) is 0.804. The van der Waals surface area contributed by atoms with Crippen molar-refractivity contribution in [3.63, 3.8) is 0 Å². The molecule has 0 aromatic heterocycles. The largest absolute Gasteiger partial charge is 0.272 e. The SMILES string of the molecule is CC1(C)C(=O)N(c2ccc(CC#N)cc2)S1(=O)=O. The number of carbonyl (C=O) groups is 1. The summed E-state index contributed by atoms with van der Waals surface area (Å²) in [6.45, 7) is 2.79. The lowest BCUT2D eigenvalue weighted by Gasteiger charge is -2.42. The zero-order chi connectivity index (χ0) is 13.6. The van der Waals surface area contributed by atoms with Crippen LogP contribution >= 0.6 is 0 Å². The van der Waals surface area contributed by atoms with Gasteiger partial charge >= 0.3 is 0 Å². The van der Waals surface area contributed by atoms with Crippen LogP contribution in [0.5, 0.6) is 0 Å². The number of nitriles is 1. The zero-order valence-corrected chi connectivity index (χ0v) is 10.9. The topological polar surface area (TPSA) is 78.2 Å². The predicted molar refractivity (Wildman–Crippen MR) is 66.2 cm³/mol. The minimum atomic E-state index is -3.61. The summed E-state index contributed by atoms with van der Waals surface area (Å²) in [5.41, 5.74) is 1.10. The van der Waals surface area contributed by atoms with Crippen molar-refractivity contribution in [1.29, 1.82) is 5.26 Å². The molecule has 18 heavy (non-hydrogen) atoms. The Morgan fingerprint density at radius 2 is 1.83 bits per heavy atom. The molecule has 5 nitrogen and oxygen atoms in total. The monoisotopic (exact) mass is 264 g/mol. The van der Waals surface area contributed by atoms with Crippen molar-refractivity contribution in [2.24, 2.45) is 0 Å². The fourth-order valence-electron chi connectivity index (χ4n) is 1.75. The van der Waals surface area contributed by atoms with Crippen LogP contribution < -0.4 is 4.31 Å². The van der Waals surface area contributed by atoms with Crippen molar-refractivity contribution in [1.82, 2.24) is 0 Å². The number of benzene rings is 1. The van der Waals surface area contributed by atoms with Gasteiger partial charge < -0.3 is 0 Å². The number of nitrogens with zero attached hydrogens (tertiary/aromatic N) is 2. The third-order valence-electron chi connectivity index (χ3n) is 3.04. The van der Waals surface area contributed by atoms with E-state index in [1.54, 1.807) is 12.1 Å². The maximum absolute atomic E-state index is 11.9. The number of rotatable bonds is 2. The fraction of sp³-hybridized carbons (Fsp3) is 0.333. The van der Waals surface area contributed by atoms with Crippen molar-refractivity contribution in [3.8, 4) is 6.07 Å². The van der Waals surface area contributed by atoms with Gasteiger partial charge in [-0.15, -0.1) is 0 Å². The summed E-state index contributed by atoms with van der Waals surface area (Å²) in [7, 11) is -3.61. The highest BCUT2D eigenvalue weighted by Gasteiger charge is 2.60. The molecule has 1 aromatic carbocycles. The Labute approximate surface area is 106 Å². The molecular weight excluding hydrogens is 252 g/mol. The molecular formula is C12H12N2O3S. The van der Waals surface area contributed by atoms with Gasteiger partial charge in [-0.2, -0.15) is 5.26 Å². The summed E-state index contributed by atoms with van der Waals surface area (Å²) in [6.07, 6.45) is 0.256. The predicted octanol–water partition coefficient (Wildman–Crippen LogP) is 1.21. The molecule has 0 saturated carbocycles. The van der Waals surface area contributed by atoms with Crippen LogP contribution in [0.4, 0.5) is 5.69 Å². The van der Waals surface area contributed by atoms with Gasteiger partial charge in [0.25, 0.3) is 15.9 Å². The van der Waals surface area contributed by atoms with E-state index in [2.05, 4.69) is 0 Å². The first kappa shape index (κ1) is 12.6. The van der Waals surface area contributed by atoms with Gasteiger partial charge in [0.15, 0.2) is 4.75 Å². The number of carbonyl (C=O) groups excluding carboxylic acids is 1. The Morgan fingerprint density at radius 3 is 2.28 bits per heavy atom. The Kier molecular flexibility index (Phi) is 2.67. The molecule has 2 rings (SSSR count). The molecule has 1 aliphatic rings. The van der Waals surface area contributed by atoms with Gasteiger partial charge in [0.05, 0.1) is 18.2 Å². The molecule has 0 N–H and O–H groups in total. The van der Waals surface area contributed by atoms with E-state index < -0.39 is 20.7 Å². The van der Waals surface area contributed by atoms with Crippen molar-refractivity contribution < 1.29 is 13.2 Å². The van der Waals surface area contributed by atoms with Crippen LogP contribution in [0, 0.1) is 11.3 Å². The van der Waals surface area contributed by atoms with Crippen molar-refractivity contribution in [2.45, 2.75) is 25.0 Å². The summed E-state index contributed by atoms with van der Waals surface area (Å²) in [5.74, 6) is -0.435. The van der Waals surface area contributed by atoms with Gasteiger partial charge in [0, 0.05) is 0 Å². The van der Waals surface area contributed by atoms with E-state index >= 15 is 0 Å². The van der Waals surface area contributed by atoms with Crippen LogP contribution in [0.15, 0.2) is 24.3 Å². The molecule has 1 amide bonds. The lowest BCUT2D eigenvalue weighted by Crippen LogP contribution is -2.67. The van der Waals surface area contributed by atoms with Crippen molar-refractivity contribution >= 4 is 21.6 Å². The number of sulfonamides is 1. The second-order valence-corrected chi connectivity index (χ2v) is 6.92. The third-order valence-corrected chi connectivity index (χ3v) is 5.36. The summed E-state index contributed by atoms with van der Waals surface area (Å²) < 4.78 is 23.3. The second kappa shape index (κ2) is 3.82. The van der Waals surface area contributed by atoms with E-state index in [4.69, 9.17) is 5.26 Å². The number of amides is 1. The van der Waals surface area contributed by atoms with Crippen LogP contribution in [0.2, 0.25) is 0 Å². The third kappa shape index (κ3) is 1.51. The average Bonchev–Trinajstić information content (AvgIpc) is 2.31. The molecule has 1 aliphatic heterocycles. The highest BCUT2D eigenvalue weighted by atomic mass is 32.2. The standard InChI is InChI=1S/C12H12N2O3S/c1-12(2)11(15)14(18(12,16)17)10-5-3-9(4-6-10)7-8-13/h3-6H,7H2,1-2H3. The van der Waals surface area contributed by atoms with Gasteiger partial charge in [-0.05, 0) is 31.5 Å². The van der Waals surface area contributed by atoms with Crippen LogP contribution in [0.3, 0.4) is 0 Å². The summed E-state index contributed by atoms with van der Waals surface area (Å²) in [5, 5.41) is 8.54. The smallest absolute Gasteiger partial charge is 0.263 e. The number of hydrogen-bond acceptors (Lipinski definition) is 4. The van der Waals surface area contributed by atoms with E-state index in [0.717, 1.165) is 9.87 Å². The van der Waals surface area contributed by atoms with Crippen LogP contribution in [0.1, 0.15) is 19.4 Å². The van der Waals surface area contributed by atoms with E-state index in [1.807, 2.05) is 6.07 Å². The van der Waals surface area contributed by atoms with Gasteiger partial charge in [0.1, 0.15) is 0 Å². The van der Waals surface area contributed by atoms with Crippen molar-refractivity contribution in [3.05, 3.63) is 29.8 Å².